The van der Waals surface area contributed by atoms with E-state index in [2.05, 4.69) is 9.88 Å². The van der Waals surface area contributed by atoms with E-state index < -0.39 is 39.3 Å². The van der Waals surface area contributed by atoms with Gasteiger partial charge in [0.1, 0.15) is 10.1 Å². The van der Waals surface area contributed by atoms with E-state index in [-0.39, 0.29) is 19.8 Å². The van der Waals surface area contributed by atoms with Crippen molar-refractivity contribution >= 4 is 66.8 Å². The van der Waals surface area contributed by atoms with Crippen molar-refractivity contribution in [2.75, 3.05) is 28.6 Å². The smallest absolute Gasteiger partial charge is 0.297 e. The van der Waals surface area contributed by atoms with Gasteiger partial charge < -0.3 is 10.6 Å². The minimum absolute atomic E-state index is 0.0137. The van der Waals surface area contributed by atoms with Crippen LogP contribution in [0.15, 0.2) is 88.1 Å². The van der Waals surface area contributed by atoms with Crippen LogP contribution in [0, 0.1) is 5.92 Å². The number of sulfone groups is 1. The molecule has 2 atom stereocenters. The molecular formula is C30H25ClN4O5S2. The lowest BCUT2D eigenvalue weighted by Gasteiger charge is -2.27. The van der Waals surface area contributed by atoms with Crippen molar-refractivity contribution in [2.45, 2.75) is 28.0 Å². The molecule has 2 N–H and O–H groups in total. The van der Waals surface area contributed by atoms with Gasteiger partial charge in [0, 0.05) is 35.1 Å². The fourth-order valence-electron chi connectivity index (χ4n) is 5.52. The van der Waals surface area contributed by atoms with Gasteiger partial charge in [-0.05, 0) is 60.9 Å². The predicted molar refractivity (Wildman–Crippen MR) is 161 cm³/mol. The van der Waals surface area contributed by atoms with Crippen LogP contribution < -0.4 is 15.5 Å². The summed E-state index contributed by atoms with van der Waals surface area (Å²) in [4.78, 5) is 49.1. The van der Waals surface area contributed by atoms with Crippen LogP contribution in [0.4, 0.5) is 16.5 Å². The first-order chi connectivity index (χ1) is 20.2. The number of anilines is 3. The zero-order valence-electron chi connectivity index (χ0n) is 22.1. The number of halogens is 1. The van der Waals surface area contributed by atoms with Crippen LogP contribution in [0.2, 0.25) is 5.02 Å². The van der Waals surface area contributed by atoms with Crippen LogP contribution in [0.3, 0.4) is 0 Å². The number of nitrogens with two attached hydrogens (primary N) is 1. The second-order valence-electron chi connectivity index (χ2n) is 10.1. The first-order valence-electron chi connectivity index (χ1n) is 13.2. The summed E-state index contributed by atoms with van der Waals surface area (Å²) >= 11 is 7.07. The highest BCUT2D eigenvalue weighted by Crippen LogP contribution is 2.45. The monoisotopic (exact) mass is 620 g/mol. The topological polar surface area (TPSA) is 131 Å². The number of benzene rings is 3. The zero-order chi connectivity index (χ0) is 29.6. The van der Waals surface area contributed by atoms with Crippen LogP contribution in [0.5, 0.6) is 0 Å². The van der Waals surface area contributed by atoms with Crippen molar-refractivity contribution in [1.29, 1.82) is 0 Å². The van der Waals surface area contributed by atoms with Gasteiger partial charge in [0.15, 0.2) is 10.9 Å². The van der Waals surface area contributed by atoms with Gasteiger partial charge in [0.2, 0.25) is 15.6 Å². The number of aromatic nitrogens is 1. The summed E-state index contributed by atoms with van der Waals surface area (Å²) in [5, 5.41) is 0.336. The molecule has 2 aliphatic rings. The van der Waals surface area contributed by atoms with E-state index in [4.69, 9.17) is 17.3 Å². The van der Waals surface area contributed by atoms with E-state index in [1.165, 1.54) is 12.1 Å². The third-order valence-corrected chi connectivity index (χ3v) is 11.0. The molecule has 214 valence electrons. The van der Waals surface area contributed by atoms with Crippen molar-refractivity contribution in [1.82, 2.24) is 4.98 Å². The number of hydrogen-bond donors (Lipinski definition) is 1. The highest BCUT2D eigenvalue weighted by molar-refractivity contribution is 7.93. The third kappa shape index (κ3) is 4.87. The number of thiazole rings is 1. The number of amides is 1. The largest absolute Gasteiger partial charge is 0.399 e. The second kappa shape index (κ2) is 11.0. The van der Waals surface area contributed by atoms with E-state index in [0.29, 0.717) is 22.0 Å². The van der Waals surface area contributed by atoms with E-state index >= 15 is 0 Å². The maximum absolute atomic E-state index is 14.3. The van der Waals surface area contributed by atoms with Crippen LogP contribution in [-0.4, -0.2) is 44.0 Å². The van der Waals surface area contributed by atoms with Gasteiger partial charge in [-0.25, -0.2) is 13.4 Å². The normalized spacial score (nSPS) is 19.1. The summed E-state index contributed by atoms with van der Waals surface area (Å²) in [7, 11) is -3.93. The maximum atomic E-state index is 14.3. The molecule has 6 rings (SSSR count). The molecule has 0 saturated carbocycles. The average molecular weight is 621 g/mol. The van der Waals surface area contributed by atoms with Gasteiger partial charge >= 0.3 is 0 Å². The molecular weight excluding hydrogens is 596 g/mol. The van der Waals surface area contributed by atoms with Crippen LogP contribution >= 0.6 is 22.9 Å². The number of Topliss-reactive ketones (excluding diaryl/α,β-unsaturated/α-hetero) is 2. The van der Waals surface area contributed by atoms with E-state index in [1.807, 2.05) is 0 Å². The molecule has 9 nitrogen and oxygen atoms in total. The van der Waals surface area contributed by atoms with Crippen molar-refractivity contribution in [3.63, 3.8) is 0 Å². The molecule has 0 aliphatic carbocycles. The molecule has 4 aromatic rings. The number of nitrogen functional groups attached to an aromatic ring is 1. The van der Waals surface area contributed by atoms with Gasteiger partial charge in [0.25, 0.3) is 5.91 Å². The summed E-state index contributed by atoms with van der Waals surface area (Å²) in [6.45, 7) is 1.48. The summed E-state index contributed by atoms with van der Waals surface area (Å²) in [5.74, 6) is -3.80. The van der Waals surface area contributed by atoms with E-state index in [9.17, 15) is 22.8 Å². The van der Waals surface area contributed by atoms with Gasteiger partial charge in [-0.1, -0.05) is 53.3 Å². The summed E-state index contributed by atoms with van der Waals surface area (Å²) in [6, 6.07) is 18.2. The lowest BCUT2D eigenvalue weighted by atomic mass is 9.85. The molecule has 12 heteroatoms. The molecule has 2 fully saturated rings. The Morgan fingerprint density at radius 2 is 1.71 bits per heavy atom. The van der Waals surface area contributed by atoms with Crippen molar-refractivity contribution in [3.8, 4) is 0 Å². The maximum Gasteiger partial charge on any atom is 0.297 e. The number of rotatable bonds is 7. The minimum Gasteiger partial charge on any atom is -0.399 e. The molecule has 0 spiro atoms. The Balaban J connectivity index is 1.46. The molecule has 2 aliphatic heterocycles. The summed E-state index contributed by atoms with van der Waals surface area (Å²) < 4.78 is 26.4. The highest BCUT2D eigenvalue weighted by atomic mass is 35.5. The molecule has 3 heterocycles. The molecule has 1 amide bonds. The SMILES string of the molecule is Nc1ccc(C(=O)C2C(=O)C(=O)N(c3ncc(S(=O)(=O)c4ccccc4)s3)C2c2cccc(Cl)c2)c(N2CCCC2)c1. The molecule has 42 heavy (non-hydrogen) atoms. The molecule has 3 aromatic carbocycles. The lowest BCUT2D eigenvalue weighted by molar-refractivity contribution is -0.135. The zero-order valence-corrected chi connectivity index (χ0v) is 24.5. The Labute approximate surface area is 251 Å². The molecule has 0 bridgehead atoms. The van der Waals surface area contributed by atoms with E-state index in [0.717, 1.165) is 48.4 Å². The molecule has 2 saturated heterocycles. The average Bonchev–Trinajstić information content (AvgIpc) is 3.74. The summed E-state index contributed by atoms with van der Waals surface area (Å²) in [6.07, 6.45) is 3.08. The van der Waals surface area contributed by atoms with Crippen molar-refractivity contribution in [2.24, 2.45) is 5.92 Å². The number of hydrogen-bond acceptors (Lipinski definition) is 9. The first-order valence-corrected chi connectivity index (χ1v) is 15.9. The van der Waals surface area contributed by atoms with Gasteiger partial charge in [-0.2, -0.15) is 0 Å². The Kier molecular flexibility index (Phi) is 7.34. The predicted octanol–water partition coefficient (Wildman–Crippen LogP) is 4.97. The highest BCUT2D eigenvalue weighted by Gasteiger charge is 2.54. The second-order valence-corrected chi connectivity index (χ2v) is 13.8. The van der Waals surface area contributed by atoms with Crippen molar-refractivity contribution in [3.05, 3.63) is 95.1 Å². The Bertz CT molecular complexity index is 1820. The number of ketones is 2. The van der Waals surface area contributed by atoms with Gasteiger partial charge in [0.05, 0.1) is 17.1 Å². The Morgan fingerprint density at radius 1 is 0.976 bits per heavy atom. The third-order valence-electron chi connectivity index (χ3n) is 7.51. The van der Waals surface area contributed by atoms with Gasteiger partial charge in [-0.15, -0.1) is 0 Å². The molecule has 2 unspecified atom stereocenters. The summed E-state index contributed by atoms with van der Waals surface area (Å²) in [5.41, 5.74) is 7.90. The van der Waals surface area contributed by atoms with Crippen LogP contribution in [0.25, 0.3) is 0 Å². The number of carbonyl (C=O) groups is 3. The van der Waals surface area contributed by atoms with Crippen LogP contribution in [-0.2, 0) is 19.4 Å². The van der Waals surface area contributed by atoms with Crippen LogP contribution in [0.1, 0.15) is 34.8 Å². The quantitative estimate of drug-likeness (QED) is 0.133. The standard InChI is InChI=1S/C30H25ClN4O5S2/c31-19-8-6-7-18(15-19)26-25(27(36)22-12-11-20(32)16-23(22)34-13-4-5-14-34)28(37)29(38)35(26)30-33-17-24(41-30)42(39,40)21-9-2-1-3-10-21/h1-3,6-12,15-17,25-26H,4-5,13-14,32H2. The number of nitrogens with zero attached hydrogens (tertiary/aromatic N) is 3. The molecule has 0 radical (unpaired) electrons. The molecule has 1 aromatic heterocycles. The van der Waals surface area contributed by atoms with Gasteiger partial charge in [-0.3, -0.25) is 19.3 Å². The fourth-order valence-corrected chi connectivity index (χ4v) is 8.29. The number of carbonyl (C=O) groups excluding carboxylic acids is 3. The van der Waals surface area contributed by atoms with Crippen molar-refractivity contribution < 1.29 is 22.8 Å². The first kappa shape index (κ1) is 28.1. The Hall–Kier alpha value is -4.06. The fraction of sp³-hybridized carbons (Fsp3) is 0.200. The van der Waals surface area contributed by atoms with E-state index in [1.54, 1.807) is 60.7 Å². The Morgan fingerprint density at radius 3 is 2.43 bits per heavy atom. The lowest BCUT2D eigenvalue weighted by Crippen LogP contribution is -2.31. The minimum atomic E-state index is -3.93.